The second-order valence-corrected chi connectivity index (χ2v) is 7.83. The van der Waals surface area contributed by atoms with E-state index in [1.54, 1.807) is 6.20 Å². The predicted octanol–water partition coefficient (Wildman–Crippen LogP) is 2.14. The summed E-state index contributed by atoms with van der Waals surface area (Å²) < 4.78 is 47.5. The molecule has 2 aliphatic heterocycles. The third-order valence-corrected chi connectivity index (χ3v) is 5.59. The SMILES string of the molecule is Cc1nc(-c2cn3c(n2)-c2ccc(N4CC[C@H]4C(N)=O)cc2OCC3)n(CC(F)(F)F)n1. The molecule has 168 valence electrons. The molecule has 2 aromatic heterocycles. The van der Waals surface area contributed by atoms with Crippen LogP contribution >= 0.6 is 0 Å². The molecule has 5 rings (SSSR count). The summed E-state index contributed by atoms with van der Waals surface area (Å²) in [5, 5.41) is 3.88. The second kappa shape index (κ2) is 7.24. The molecule has 9 nitrogen and oxygen atoms in total. The molecular formula is C20H20F3N7O2. The minimum Gasteiger partial charge on any atom is -0.491 e. The Kier molecular flexibility index (Phi) is 4.60. The first-order valence-electron chi connectivity index (χ1n) is 10.1. The van der Waals surface area contributed by atoms with Gasteiger partial charge in [-0.3, -0.25) is 4.79 Å². The first kappa shape index (κ1) is 20.3. The number of imidazole rings is 1. The van der Waals surface area contributed by atoms with Crippen LogP contribution in [0, 0.1) is 6.92 Å². The van der Waals surface area contributed by atoms with Crippen LogP contribution in [-0.2, 0) is 17.9 Å². The van der Waals surface area contributed by atoms with Gasteiger partial charge >= 0.3 is 6.18 Å². The number of aryl methyl sites for hydroxylation is 1. The lowest BCUT2D eigenvalue weighted by Gasteiger charge is -2.40. The number of halogens is 3. The molecule has 3 aromatic rings. The lowest BCUT2D eigenvalue weighted by molar-refractivity contribution is -0.142. The molecule has 0 unspecified atom stereocenters. The highest BCUT2D eigenvalue weighted by molar-refractivity contribution is 5.86. The third kappa shape index (κ3) is 3.55. The second-order valence-electron chi connectivity index (χ2n) is 7.83. The Morgan fingerprint density at radius 3 is 2.75 bits per heavy atom. The molecule has 1 fully saturated rings. The number of benzene rings is 1. The fourth-order valence-electron chi connectivity index (χ4n) is 4.07. The van der Waals surface area contributed by atoms with Crippen LogP contribution in [-0.4, -0.2) is 55.6 Å². The van der Waals surface area contributed by atoms with E-state index in [0.717, 1.165) is 16.9 Å². The number of nitrogens with two attached hydrogens (primary N) is 1. The van der Waals surface area contributed by atoms with E-state index >= 15 is 0 Å². The van der Waals surface area contributed by atoms with Crippen molar-refractivity contribution in [2.24, 2.45) is 5.73 Å². The van der Waals surface area contributed by atoms with Crippen molar-refractivity contribution in [2.75, 3.05) is 18.1 Å². The van der Waals surface area contributed by atoms with Gasteiger partial charge in [-0.05, 0) is 25.5 Å². The quantitative estimate of drug-likeness (QED) is 0.657. The van der Waals surface area contributed by atoms with Crippen molar-refractivity contribution in [3.8, 4) is 28.7 Å². The highest BCUT2D eigenvalue weighted by atomic mass is 19.4. The average molecular weight is 447 g/mol. The van der Waals surface area contributed by atoms with Crippen LogP contribution in [0.4, 0.5) is 18.9 Å². The monoisotopic (exact) mass is 447 g/mol. The van der Waals surface area contributed by atoms with E-state index in [0.29, 0.717) is 42.4 Å². The summed E-state index contributed by atoms with van der Waals surface area (Å²) in [7, 11) is 0. The summed E-state index contributed by atoms with van der Waals surface area (Å²) in [5.41, 5.74) is 7.28. The lowest BCUT2D eigenvalue weighted by atomic mass is 10.0. The van der Waals surface area contributed by atoms with Gasteiger partial charge in [0.15, 0.2) is 5.82 Å². The van der Waals surface area contributed by atoms with Crippen molar-refractivity contribution in [2.45, 2.75) is 38.7 Å². The molecule has 2 aliphatic rings. The zero-order chi connectivity index (χ0) is 22.6. The van der Waals surface area contributed by atoms with E-state index in [1.165, 1.54) is 6.92 Å². The van der Waals surface area contributed by atoms with E-state index in [9.17, 15) is 18.0 Å². The summed E-state index contributed by atoms with van der Waals surface area (Å²) in [6.07, 6.45) is -2.06. The molecule has 1 aromatic carbocycles. The number of aromatic nitrogens is 5. The van der Waals surface area contributed by atoms with Crippen LogP contribution in [0.3, 0.4) is 0 Å². The first-order valence-corrected chi connectivity index (χ1v) is 10.1. The molecule has 1 atom stereocenters. The van der Waals surface area contributed by atoms with Gasteiger partial charge in [-0.25, -0.2) is 14.6 Å². The molecule has 0 aliphatic carbocycles. The van der Waals surface area contributed by atoms with Crippen molar-refractivity contribution >= 4 is 11.6 Å². The number of anilines is 1. The Hall–Kier alpha value is -3.57. The van der Waals surface area contributed by atoms with Crippen LogP contribution < -0.4 is 15.4 Å². The number of hydrogen-bond donors (Lipinski definition) is 1. The number of carbonyl (C=O) groups excluding carboxylic acids is 1. The third-order valence-electron chi connectivity index (χ3n) is 5.59. The van der Waals surface area contributed by atoms with E-state index in [-0.39, 0.29) is 23.6 Å². The number of alkyl halides is 3. The molecule has 0 spiro atoms. The number of carbonyl (C=O) groups is 1. The molecule has 0 bridgehead atoms. The summed E-state index contributed by atoms with van der Waals surface area (Å²) >= 11 is 0. The van der Waals surface area contributed by atoms with Gasteiger partial charge in [-0.15, -0.1) is 0 Å². The zero-order valence-corrected chi connectivity index (χ0v) is 17.1. The van der Waals surface area contributed by atoms with E-state index in [2.05, 4.69) is 15.1 Å². The largest absolute Gasteiger partial charge is 0.491 e. The maximum absolute atomic E-state index is 13.0. The Bertz CT molecular complexity index is 1200. The van der Waals surface area contributed by atoms with Crippen molar-refractivity contribution in [1.29, 1.82) is 0 Å². The van der Waals surface area contributed by atoms with Gasteiger partial charge in [-0.1, -0.05) is 0 Å². The van der Waals surface area contributed by atoms with Gasteiger partial charge in [0.05, 0.1) is 12.1 Å². The van der Waals surface area contributed by atoms with Crippen LogP contribution in [0.5, 0.6) is 5.75 Å². The minimum atomic E-state index is -4.43. The molecule has 1 saturated heterocycles. The van der Waals surface area contributed by atoms with Crippen molar-refractivity contribution in [3.05, 3.63) is 30.2 Å². The summed E-state index contributed by atoms with van der Waals surface area (Å²) in [6, 6.07) is 5.19. The Morgan fingerprint density at radius 1 is 1.25 bits per heavy atom. The van der Waals surface area contributed by atoms with Gasteiger partial charge in [0, 0.05) is 24.5 Å². The number of fused-ring (bicyclic) bond motifs is 3. The average Bonchev–Trinajstić information content (AvgIpc) is 3.18. The highest BCUT2D eigenvalue weighted by Gasteiger charge is 2.34. The Labute approximate surface area is 180 Å². The van der Waals surface area contributed by atoms with Gasteiger partial charge in [0.1, 0.15) is 42.3 Å². The zero-order valence-electron chi connectivity index (χ0n) is 17.1. The van der Waals surface area contributed by atoms with Crippen molar-refractivity contribution in [3.63, 3.8) is 0 Å². The number of rotatable bonds is 4. The van der Waals surface area contributed by atoms with Crippen molar-refractivity contribution in [1.82, 2.24) is 24.3 Å². The Morgan fingerprint density at radius 2 is 2.06 bits per heavy atom. The minimum absolute atomic E-state index is 0.0596. The molecular weight excluding hydrogens is 427 g/mol. The Balaban J connectivity index is 1.52. The van der Waals surface area contributed by atoms with Crippen LogP contribution in [0.15, 0.2) is 24.4 Å². The molecule has 4 heterocycles. The van der Waals surface area contributed by atoms with E-state index in [4.69, 9.17) is 10.5 Å². The van der Waals surface area contributed by atoms with Crippen molar-refractivity contribution < 1.29 is 22.7 Å². The maximum Gasteiger partial charge on any atom is 0.408 e. The molecule has 0 radical (unpaired) electrons. The summed E-state index contributed by atoms with van der Waals surface area (Å²) in [4.78, 5) is 22.2. The number of nitrogens with zero attached hydrogens (tertiary/aromatic N) is 6. The van der Waals surface area contributed by atoms with Gasteiger partial charge < -0.3 is 19.9 Å². The molecule has 32 heavy (non-hydrogen) atoms. The maximum atomic E-state index is 13.0. The topological polar surface area (TPSA) is 104 Å². The van der Waals surface area contributed by atoms with E-state index < -0.39 is 12.7 Å². The number of ether oxygens (including phenoxy) is 1. The highest BCUT2D eigenvalue weighted by Crippen LogP contribution is 2.38. The fourth-order valence-corrected chi connectivity index (χ4v) is 4.07. The smallest absolute Gasteiger partial charge is 0.408 e. The van der Waals surface area contributed by atoms with Gasteiger partial charge in [-0.2, -0.15) is 18.3 Å². The molecule has 0 saturated carbocycles. The van der Waals surface area contributed by atoms with Crippen LogP contribution in [0.2, 0.25) is 0 Å². The van der Waals surface area contributed by atoms with Gasteiger partial charge in [0.25, 0.3) is 0 Å². The summed E-state index contributed by atoms with van der Waals surface area (Å²) in [5.74, 6) is 1.07. The lowest BCUT2D eigenvalue weighted by Crippen LogP contribution is -2.55. The van der Waals surface area contributed by atoms with E-state index in [1.807, 2.05) is 27.7 Å². The summed E-state index contributed by atoms with van der Waals surface area (Å²) in [6.45, 7) is 1.83. The number of amides is 1. The molecule has 12 heteroatoms. The number of hydrogen-bond acceptors (Lipinski definition) is 6. The predicted molar refractivity (Wildman–Crippen MR) is 108 cm³/mol. The standard InChI is InChI=1S/C20H20F3N7O2/c1-11-25-19(30(27-11)10-20(21,22)23)14-9-28-6-7-32-16-8-12(2-3-13(16)18(28)26-14)29-5-4-15(29)17(24)31/h2-3,8-9,15H,4-7,10H2,1H3,(H2,24,31)/t15-/m0/s1. The van der Waals surface area contributed by atoms with Gasteiger partial charge in [0.2, 0.25) is 5.91 Å². The van der Waals surface area contributed by atoms with Crippen LogP contribution in [0.1, 0.15) is 12.2 Å². The van der Waals surface area contributed by atoms with Crippen LogP contribution in [0.25, 0.3) is 22.9 Å². The normalized spacial score (nSPS) is 17.8. The molecule has 1 amide bonds. The fraction of sp³-hybridized carbons (Fsp3) is 0.400. The first-order chi connectivity index (χ1) is 15.2. The molecule has 2 N–H and O–H groups in total. The number of primary amides is 1.